The lowest BCUT2D eigenvalue weighted by Gasteiger charge is -2.26. The van der Waals surface area contributed by atoms with Crippen LogP contribution < -0.4 is 14.4 Å². The van der Waals surface area contributed by atoms with Crippen molar-refractivity contribution in [2.75, 3.05) is 50.3 Å². The molecule has 0 saturated carbocycles. The highest BCUT2D eigenvalue weighted by molar-refractivity contribution is 7.92. The van der Waals surface area contributed by atoms with Crippen molar-refractivity contribution in [1.82, 2.24) is 9.62 Å². The van der Waals surface area contributed by atoms with Crippen molar-refractivity contribution in [2.45, 2.75) is 16.7 Å². The van der Waals surface area contributed by atoms with Gasteiger partial charge in [0.1, 0.15) is 24.7 Å². The Balaban J connectivity index is 1.36. The molecular weight excluding hydrogens is 561 g/mol. The van der Waals surface area contributed by atoms with Crippen LogP contribution in [-0.2, 0) is 29.6 Å². The Hall–Kier alpha value is -3.52. The van der Waals surface area contributed by atoms with Crippen LogP contribution in [0.5, 0.6) is 5.75 Å². The van der Waals surface area contributed by atoms with E-state index < -0.39 is 38.3 Å². The third-order valence-corrected chi connectivity index (χ3v) is 9.83. The second kappa shape index (κ2) is 12.8. The van der Waals surface area contributed by atoms with Gasteiger partial charge in [0.2, 0.25) is 15.9 Å². The molecule has 1 heterocycles. The zero-order valence-electron chi connectivity index (χ0n) is 21.8. The van der Waals surface area contributed by atoms with Gasteiger partial charge < -0.3 is 14.8 Å². The summed E-state index contributed by atoms with van der Waals surface area (Å²) in [5.41, 5.74) is 0.601. The molecule has 0 bridgehead atoms. The van der Waals surface area contributed by atoms with Crippen molar-refractivity contribution in [3.05, 3.63) is 84.2 Å². The quantitative estimate of drug-likeness (QED) is 0.340. The maximum Gasteiger partial charge on any atom is 0.264 e. The lowest BCUT2D eigenvalue weighted by molar-refractivity contribution is -0.119. The number of rotatable bonds is 11. The van der Waals surface area contributed by atoms with Crippen LogP contribution >= 0.6 is 0 Å². The number of anilines is 1. The molecule has 0 spiro atoms. The molecule has 1 aliphatic heterocycles. The number of hydrogen-bond acceptors (Lipinski definition) is 7. The van der Waals surface area contributed by atoms with Gasteiger partial charge in [-0.25, -0.2) is 21.2 Å². The van der Waals surface area contributed by atoms with E-state index in [9.17, 15) is 26.0 Å². The molecule has 13 heteroatoms. The largest absolute Gasteiger partial charge is 0.492 e. The predicted octanol–water partition coefficient (Wildman–Crippen LogP) is 2.55. The fourth-order valence-corrected chi connectivity index (χ4v) is 6.82. The van der Waals surface area contributed by atoms with Crippen LogP contribution in [0.25, 0.3) is 0 Å². The van der Waals surface area contributed by atoms with Crippen LogP contribution in [-0.4, -0.2) is 73.0 Å². The Kier molecular flexibility index (Phi) is 9.40. The Morgan fingerprint density at radius 3 is 2.23 bits per heavy atom. The van der Waals surface area contributed by atoms with Crippen molar-refractivity contribution < 1.29 is 35.5 Å². The number of carbonyl (C=O) groups is 1. The molecule has 1 saturated heterocycles. The first-order chi connectivity index (χ1) is 19.1. The fourth-order valence-electron chi connectivity index (χ4n) is 3.98. The zero-order valence-corrected chi connectivity index (χ0v) is 23.5. The number of aryl methyl sites for hydroxylation is 1. The molecule has 1 fully saturated rings. The number of halogens is 1. The highest BCUT2D eigenvalue weighted by Crippen LogP contribution is 2.26. The predicted molar refractivity (Wildman–Crippen MR) is 147 cm³/mol. The van der Waals surface area contributed by atoms with E-state index in [0.717, 1.165) is 15.9 Å². The third-order valence-electron chi connectivity index (χ3n) is 6.14. The number of amides is 1. The van der Waals surface area contributed by atoms with Gasteiger partial charge in [0.25, 0.3) is 10.0 Å². The summed E-state index contributed by atoms with van der Waals surface area (Å²) in [4.78, 5) is 12.8. The summed E-state index contributed by atoms with van der Waals surface area (Å²) in [6.45, 7) is 2.51. The average molecular weight is 592 g/mol. The van der Waals surface area contributed by atoms with Crippen molar-refractivity contribution in [2.24, 2.45) is 0 Å². The number of morpholine rings is 1. The summed E-state index contributed by atoms with van der Waals surface area (Å²) < 4.78 is 79.7. The summed E-state index contributed by atoms with van der Waals surface area (Å²) in [7, 11) is -7.87. The molecule has 214 valence electrons. The maximum absolute atomic E-state index is 14.6. The topological polar surface area (TPSA) is 122 Å². The van der Waals surface area contributed by atoms with Crippen LogP contribution in [0.2, 0.25) is 0 Å². The minimum atomic E-state index is -4.24. The van der Waals surface area contributed by atoms with Crippen LogP contribution in [0.1, 0.15) is 5.56 Å². The zero-order chi connectivity index (χ0) is 28.8. The Morgan fingerprint density at radius 1 is 0.950 bits per heavy atom. The minimum Gasteiger partial charge on any atom is -0.492 e. The van der Waals surface area contributed by atoms with Crippen LogP contribution in [0.15, 0.2) is 82.6 Å². The van der Waals surface area contributed by atoms with E-state index in [1.165, 1.54) is 58.9 Å². The molecule has 0 atom stereocenters. The summed E-state index contributed by atoms with van der Waals surface area (Å²) in [6.07, 6.45) is 0. The number of nitrogens with one attached hydrogen (secondary N) is 1. The van der Waals surface area contributed by atoms with Gasteiger partial charge in [-0.2, -0.15) is 4.31 Å². The van der Waals surface area contributed by atoms with Crippen molar-refractivity contribution in [3.8, 4) is 5.75 Å². The molecular formula is C27H30FN3O7S2. The normalized spacial score (nSPS) is 14.4. The van der Waals surface area contributed by atoms with Gasteiger partial charge in [0.05, 0.1) is 35.2 Å². The molecule has 3 aromatic rings. The highest BCUT2D eigenvalue weighted by atomic mass is 32.2. The molecule has 3 aromatic carbocycles. The van der Waals surface area contributed by atoms with E-state index in [1.54, 1.807) is 12.1 Å². The lowest BCUT2D eigenvalue weighted by Crippen LogP contribution is -2.42. The highest BCUT2D eigenvalue weighted by Gasteiger charge is 2.29. The summed E-state index contributed by atoms with van der Waals surface area (Å²) in [5.74, 6) is -1.05. The molecule has 1 N–H and O–H groups in total. The number of benzene rings is 3. The molecule has 10 nitrogen and oxygen atoms in total. The molecule has 1 aliphatic rings. The standard InChI is InChI=1S/C27H30FN3O7S2/c1-21-6-10-24(11-7-21)40(35,36)31(26-5-3-2-4-25(26)28)20-27(32)29-14-17-38-22-8-12-23(13-9-22)39(33,34)30-15-18-37-19-16-30/h2-13H,14-20H2,1H3,(H,29,32). The van der Waals surface area contributed by atoms with E-state index >= 15 is 0 Å². The summed E-state index contributed by atoms with van der Waals surface area (Å²) in [5, 5.41) is 2.58. The van der Waals surface area contributed by atoms with E-state index in [4.69, 9.17) is 9.47 Å². The Bertz CT molecular complexity index is 1530. The van der Waals surface area contributed by atoms with Gasteiger partial charge in [-0.1, -0.05) is 29.8 Å². The first-order valence-electron chi connectivity index (χ1n) is 12.5. The number of nitrogens with zero attached hydrogens (tertiary/aromatic N) is 2. The molecule has 0 aliphatic carbocycles. The molecule has 1 amide bonds. The first kappa shape index (κ1) is 29.5. The monoisotopic (exact) mass is 591 g/mol. The van der Waals surface area contributed by atoms with Gasteiger partial charge >= 0.3 is 0 Å². The van der Waals surface area contributed by atoms with Crippen LogP contribution in [0, 0.1) is 12.7 Å². The molecule has 0 unspecified atom stereocenters. The second-order valence-electron chi connectivity index (χ2n) is 8.96. The smallest absolute Gasteiger partial charge is 0.264 e. The Morgan fingerprint density at radius 2 is 1.57 bits per heavy atom. The van der Waals surface area contributed by atoms with E-state index in [1.807, 2.05) is 6.92 Å². The van der Waals surface area contributed by atoms with Gasteiger partial charge in [-0.15, -0.1) is 0 Å². The molecule has 40 heavy (non-hydrogen) atoms. The lowest BCUT2D eigenvalue weighted by atomic mass is 10.2. The molecule has 4 rings (SSSR count). The number of ether oxygens (including phenoxy) is 2. The summed E-state index contributed by atoms with van der Waals surface area (Å²) in [6, 6.07) is 17.3. The first-order valence-corrected chi connectivity index (χ1v) is 15.4. The van der Waals surface area contributed by atoms with E-state index in [-0.39, 0.29) is 28.6 Å². The SMILES string of the molecule is Cc1ccc(S(=O)(=O)N(CC(=O)NCCOc2ccc(S(=O)(=O)N3CCOCC3)cc2)c2ccccc2F)cc1. The van der Waals surface area contributed by atoms with Crippen molar-refractivity contribution >= 4 is 31.6 Å². The maximum atomic E-state index is 14.6. The average Bonchev–Trinajstić information content (AvgIpc) is 2.95. The number of hydrogen-bond donors (Lipinski definition) is 1. The van der Waals surface area contributed by atoms with Gasteiger partial charge in [0, 0.05) is 13.1 Å². The Labute approximate surface area is 233 Å². The van der Waals surface area contributed by atoms with Crippen molar-refractivity contribution in [1.29, 1.82) is 0 Å². The fraction of sp³-hybridized carbons (Fsp3) is 0.296. The van der Waals surface area contributed by atoms with Gasteiger partial charge in [0.15, 0.2) is 0 Å². The minimum absolute atomic E-state index is 0.0301. The van der Waals surface area contributed by atoms with Gasteiger partial charge in [-0.3, -0.25) is 9.10 Å². The third kappa shape index (κ3) is 6.97. The van der Waals surface area contributed by atoms with Crippen LogP contribution in [0.4, 0.5) is 10.1 Å². The van der Waals surface area contributed by atoms with Crippen LogP contribution in [0.3, 0.4) is 0 Å². The van der Waals surface area contributed by atoms with E-state index in [0.29, 0.717) is 32.1 Å². The second-order valence-corrected chi connectivity index (χ2v) is 12.8. The summed E-state index contributed by atoms with van der Waals surface area (Å²) >= 11 is 0. The number of carbonyl (C=O) groups excluding carboxylic acids is 1. The van der Waals surface area contributed by atoms with Gasteiger partial charge in [-0.05, 0) is 55.5 Å². The number of para-hydroxylation sites is 1. The van der Waals surface area contributed by atoms with Crippen molar-refractivity contribution in [3.63, 3.8) is 0 Å². The van der Waals surface area contributed by atoms with E-state index in [2.05, 4.69) is 5.32 Å². The molecule has 0 aromatic heterocycles. The molecule has 0 radical (unpaired) electrons. The number of sulfonamides is 2.